The molecular weight excluding hydrogens is 450 g/mol. The minimum absolute atomic E-state index is 0.256. The number of aromatic nitrogens is 4. The summed E-state index contributed by atoms with van der Waals surface area (Å²) in [6.45, 7) is 7.33. The van der Waals surface area contributed by atoms with Crippen LogP contribution in [0.25, 0.3) is 22.0 Å². The van der Waals surface area contributed by atoms with Gasteiger partial charge >= 0.3 is 0 Å². The highest BCUT2D eigenvalue weighted by molar-refractivity contribution is 6.11. The van der Waals surface area contributed by atoms with Crippen molar-refractivity contribution in [2.24, 2.45) is 0 Å². The molecule has 184 valence electrons. The van der Waals surface area contributed by atoms with Gasteiger partial charge in [-0.3, -0.25) is 19.8 Å². The molecular formula is C28H31N7O. The number of likely N-dealkylation sites (tertiary alicyclic amines) is 1. The third-order valence-electron chi connectivity index (χ3n) is 7.23. The second-order valence-corrected chi connectivity index (χ2v) is 9.91. The topological polar surface area (TPSA) is 90.0 Å². The zero-order chi connectivity index (χ0) is 24.5. The number of aryl methyl sites for hydroxylation is 1. The molecule has 0 spiro atoms. The number of aromatic amines is 1. The van der Waals surface area contributed by atoms with Crippen molar-refractivity contribution < 1.29 is 4.79 Å². The van der Waals surface area contributed by atoms with Crippen molar-refractivity contribution in [2.45, 2.75) is 39.2 Å². The summed E-state index contributed by atoms with van der Waals surface area (Å²) < 4.78 is 0. The lowest BCUT2D eigenvalue weighted by molar-refractivity contribution is 0.102. The van der Waals surface area contributed by atoms with Crippen LogP contribution in [0, 0.1) is 6.92 Å². The van der Waals surface area contributed by atoms with Crippen LogP contribution >= 0.6 is 0 Å². The van der Waals surface area contributed by atoms with Crippen molar-refractivity contribution in [3.63, 3.8) is 0 Å². The number of hydrogen-bond donors (Lipinski definition) is 2. The minimum atomic E-state index is -0.256. The third kappa shape index (κ3) is 4.56. The Morgan fingerprint density at radius 1 is 0.972 bits per heavy atom. The summed E-state index contributed by atoms with van der Waals surface area (Å²) in [5, 5.41) is 11.1. The highest BCUT2D eigenvalue weighted by Gasteiger charge is 2.20. The van der Waals surface area contributed by atoms with Crippen LogP contribution in [0.2, 0.25) is 0 Å². The van der Waals surface area contributed by atoms with E-state index in [0.29, 0.717) is 11.4 Å². The number of carbonyl (C=O) groups excluding carboxylic acids is 1. The van der Waals surface area contributed by atoms with Crippen molar-refractivity contribution in [2.75, 3.05) is 36.4 Å². The number of carbonyl (C=O) groups is 1. The molecule has 0 radical (unpaired) electrons. The maximum Gasteiger partial charge on any atom is 0.276 e. The molecule has 4 aromatic rings. The van der Waals surface area contributed by atoms with E-state index in [1.54, 1.807) is 6.20 Å². The molecule has 1 aromatic carbocycles. The molecule has 8 nitrogen and oxygen atoms in total. The molecule has 0 saturated carbocycles. The first-order valence-electron chi connectivity index (χ1n) is 12.8. The van der Waals surface area contributed by atoms with Crippen LogP contribution in [0.5, 0.6) is 0 Å². The third-order valence-corrected chi connectivity index (χ3v) is 7.23. The number of piperidine rings is 1. The van der Waals surface area contributed by atoms with Gasteiger partial charge in [0, 0.05) is 43.0 Å². The Morgan fingerprint density at radius 2 is 1.83 bits per heavy atom. The van der Waals surface area contributed by atoms with Gasteiger partial charge in [-0.15, -0.1) is 0 Å². The molecule has 0 unspecified atom stereocenters. The summed E-state index contributed by atoms with van der Waals surface area (Å²) in [5.74, 6) is 0.735. The zero-order valence-electron chi connectivity index (χ0n) is 20.6. The SMILES string of the molecule is Cc1cc(NC(=O)c2n[nH]c3ccc(-c4cncc(CN5CCCCC5)c4)cc23)cnc1N1CCC1. The van der Waals surface area contributed by atoms with E-state index in [-0.39, 0.29) is 5.91 Å². The Balaban J connectivity index is 1.23. The minimum Gasteiger partial charge on any atom is -0.356 e. The molecule has 36 heavy (non-hydrogen) atoms. The Hall–Kier alpha value is -3.78. The molecule has 6 rings (SSSR count). The molecule has 2 N–H and O–H groups in total. The van der Waals surface area contributed by atoms with Crippen LogP contribution in [-0.4, -0.2) is 57.2 Å². The lowest BCUT2D eigenvalue weighted by atomic mass is 10.0. The maximum absolute atomic E-state index is 13.2. The highest BCUT2D eigenvalue weighted by Crippen LogP contribution is 2.28. The molecule has 3 aromatic heterocycles. The van der Waals surface area contributed by atoms with E-state index in [9.17, 15) is 4.79 Å². The smallest absolute Gasteiger partial charge is 0.276 e. The number of nitrogens with one attached hydrogen (secondary N) is 2. The first-order valence-corrected chi connectivity index (χ1v) is 12.8. The van der Waals surface area contributed by atoms with Crippen LogP contribution in [0.4, 0.5) is 11.5 Å². The average molecular weight is 482 g/mol. The largest absolute Gasteiger partial charge is 0.356 e. The van der Waals surface area contributed by atoms with E-state index < -0.39 is 0 Å². The lowest BCUT2D eigenvalue weighted by Gasteiger charge is -2.33. The molecule has 8 heteroatoms. The van der Waals surface area contributed by atoms with E-state index in [2.05, 4.69) is 41.3 Å². The van der Waals surface area contributed by atoms with Gasteiger partial charge in [-0.1, -0.05) is 12.5 Å². The summed E-state index contributed by atoms with van der Waals surface area (Å²) in [6.07, 6.45) is 10.6. The van der Waals surface area contributed by atoms with Gasteiger partial charge in [-0.2, -0.15) is 5.10 Å². The summed E-state index contributed by atoms with van der Waals surface area (Å²) in [7, 11) is 0. The number of pyridine rings is 2. The molecule has 2 fully saturated rings. The Kier molecular flexibility index (Phi) is 6.11. The van der Waals surface area contributed by atoms with E-state index in [0.717, 1.165) is 66.1 Å². The molecule has 2 saturated heterocycles. The quantitative estimate of drug-likeness (QED) is 0.412. The fourth-order valence-electron chi connectivity index (χ4n) is 5.16. The second kappa shape index (κ2) is 9.70. The van der Waals surface area contributed by atoms with Gasteiger partial charge in [0.25, 0.3) is 5.91 Å². The number of nitrogens with zero attached hydrogens (tertiary/aromatic N) is 5. The lowest BCUT2D eigenvalue weighted by Crippen LogP contribution is -2.38. The Bertz CT molecular complexity index is 1400. The number of rotatable bonds is 6. The van der Waals surface area contributed by atoms with Crippen LogP contribution in [0.15, 0.2) is 48.9 Å². The summed E-state index contributed by atoms with van der Waals surface area (Å²) in [5.41, 5.74) is 6.19. The molecule has 0 atom stereocenters. The number of benzene rings is 1. The van der Waals surface area contributed by atoms with Gasteiger partial charge in [0.1, 0.15) is 5.82 Å². The number of fused-ring (bicyclic) bond motifs is 1. The maximum atomic E-state index is 13.2. The van der Waals surface area contributed by atoms with Gasteiger partial charge in [-0.25, -0.2) is 4.98 Å². The Labute approximate surface area is 210 Å². The van der Waals surface area contributed by atoms with Gasteiger partial charge < -0.3 is 10.2 Å². The first-order chi connectivity index (χ1) is 17.6. The summed E-state index contributed by atoms with van der Waals surface area (Å²) in [4.78, 5) is 27.0. The van der Waals surface area contributed by atoms with Gasteiger partial charge in [0.05, 0.1) is 17.4 Å². The molecule has 0 bridgehead atoms. The molecule has 5 heterocycles. The monoisotopic (exact) mass is 481 g/mol. The molecule has 0 aliphatic carbocycles. The van der Waals surface area contributed by atoms with Gasteiger partial charge in [-0.05, 0) is 80.2 Å². The van der Waals surface area contributed by atoms with Gasteiger partial charge in [0.15, 0.2) is 5.69 Å². The normalized spacial score (nSPS) is 16.2. The van der Waals surface area contributed by atoms with Crippen molar-refractivity contribution in [1.29, 1.82) is 0 Å². The van der Waals surface area contributed by atoms with Crippen molar-refractivity contribution in [1.82, 2.24) is 25.1 Å². The fourth-order valence-corrected chi connectivity index (χ4v) is 5.16. The zero-order valence-corrected chi connectivity index (χ0v) is 20.6. The highest BCUT2D eigenvalue weighted by atomic mass is 16.1. The van der Waals surface area contributed by atoms with Crippen molar-refractivity contribution >= 4 is 28.3 Å². The predicted molar refractivity (Wildman–Crippen MR) is 142 cm³/mol. The summed E-state index contributed by atoms with van der Waals surface area (Å²) in [6, 6.07) is 10.2. The standard InChI is InChI=1S/C28H31N7O/c1-19-12-23(17-30-27(19)35-10-5-11-35)31-28(36)26-24-14-21(6-7-25(24)32-33-26)22-13-20(15-29-16-22)18-34-8-3-2-4-9-34/h6-7,12-17H,2-5,8-11,18H2,1H3,(H,31,36)(H,32,33). The second-order valence-electron chi connectivity index (χ2n) is 9.91. The van der Waals surface area contributed by atoms with Crippen LogP contribution in [-0.2, 0) is 6.54 Å². The fraction of sp³-hybridized carbons (Fsp3) is 0.357. The van der Waals surface area contributed by atoms with Crippen LogP contribution in [0.3, 0.4) is 0 Å². The number of H-pyrrole nitrogens is 1. The predicted octanol–water partition coefficient (Wildman–Crippen LogP) is 4.78. The van der Waals surface area contributed by atoms with E-state index in [4.69, 9.17) is 0 Å². The first kappa shape index (κ1) is 22.7. The Morgan fingerprint density at radius 3 is 2.61 bits per heavy atom. The van der Waals surface area contributed by atoms with E-state index in [1.807, 2.05) is 43.6 Å². The number of amides is 1. The van der Waals surface area contributed by atoms with Gasteiger partial charge in [0.2, 0.25) is 0 Å². The molecule has 2 aliphatic heterocycles. The average Bonchev–Trinajstić information content (AvgIpc) is 3.29. The van der Waals surface area contributed by atoms with E-state index >= 15 is 0 Å². The van der Waals surface area contributed by atoms with Crippen molar-refractivity contribution in [3.05, 3.63) is 65.7 Å². The molecule has 1 amide bonds. The van der Waals surface area contributed by atoms with E-state index in [1.165, 1.54) is 31.2 Å². The van der Waals surface area contributed by atoms with Crippen molar-refractivity contribution in [3.8, 4) is 11.1 Å². The van der Waals surface area contributed by atoms with Crippen LogP contribution < -0.4 is 10.2 Å². The number of anilines is 2. The summed E-state index contributed by atoms with van der Waals surface area (Å²) >= 11 is 0. The van der Waals surface area contributed by atoms with Crippen LogP contribution in [0.1, 0.15) is 47.3 Å². The number of hydrogen-bond acceptors (Lipinski definition) is 6. The molecule has 2 aliphatic rings.